The lowest BCUT2D eigenvalue weighted by Crippen LogP contribution is -2.45. The summed E-state index contributed by atoms with van der Waals surface area (Å²) < 4.78 is 0. The van der Waals surface area contributed by atoms with Gasteiger partial charge in [-0.2, -0.15) is 0 Å². The summed E-state index contributed by atoms with van der Waals surface area (Å²) in [5.74, 6) is 0.124. The fourth-order valence-electron chi connectivity index (χ4n) is 2.94. The van der Waals surface area contributed by atoms with Crippen LogP contribution in [-0.2, 0) is 9.59 Å². The number of amides is 2. The zero-order chi connectivity index (χ0) is 13.8. The summed E-state index contributed by atoms with van der Waals surface area (Å²) in [4.78, 5) is 26.1. The van der Waals surface area contributed by atoms with E-state index in [1.807, 2.05) is 13.8 Å². The minimum absolute atomic E-state index is 0.00347. The Hall–Kier alpha value is -0.860. The minimum Gasteiger partial charge on any atom is -0.285 e. The summed E-state index contributed by atoms with van der Waals surface area (Å²) in [5, 5.41) is 0. The van der Waals surface area contributed by atoms with Crippen LogP contribution in [0.2, 0.25) is 0 Å². The molecule has 0 saturated heterocycles. The Bertz CT molecular complexity index is 308. The molecule has 0 aliphatic heterocycles. The van der Waals surface area contributed by atoms with Gasteiger partial charge in [-0.25, -0.2) is 0 Å². The Labute approximate surface area is 111 Å². The highest BCUT2D eigenvalue weighted by Crippen LogP contribution is 2.32. The highest BCUT2D eigenvalue weighted by molar-refractivity contribution is 5.98. The molecule has 0 heterocycles. The zero-order valence-electron chi connectivity index (χ0n) is 12.3. The third kappa shape index (κ3) is 3.12. The Morgan fingerprint density at radius 1 is 1.22 bits per heavy atom. The van der Waals surface area contributed by atoms with Gasteiger partial charge in [0.25, 0.3) is 0 Å². The molecule has 1 aliphatic rings. The summed E-state index contributed by atoms with van der Waals surface area (Å²) in [6.45, 7) is 6.10. The van der Waals surface area contributed by atoms with Crippen molar-refractivity contribution in [2.45, 2.75) is 65.7 Å². The molecule has 0 aromatic rings. The lowest BCUT2D eigenvalue weighted by Gasteiger charge is -2.31. The summed E-state index contributed by atoms with van der Waals surface area (Å²) in [6.07, 6.45) is 6.77. The first-order valence-corrected chi connectivity index (χ1v) is 7.28. The molecule has 1 fully saturated rings. The molecular formula is C15H27NO2. The van der Waals surface area contributed by atoms with E-state index in [1.54, 1.807) is 7.05 Å². The molecule has 0 aromatic carbocycles. The van der Waals surface area contributed by atoms with Gasteiger partial charge in [0.1, 0.15) is 0 Å². The van der Waals surface area contributed by atoms with E-state index in [0.29, 0.717) is 0 Å². The number of nitrogens with zero attached hydrogens (tertiary/aromatic N) is 1. The van der Waals surface area contributed by atoms with E-state index in [0.717, 1.165) is 44.9 Å². The maximum Gasteiger partial charge on any atom is 0.234 e. The summed E-state index contributed by atoms with van der Waals surface area (Å²) in [5.41, 5.74) is -0.377. The molecule has 0 spiro atoms. The minimum atomic E-state index is -0.377. The predicted molar refractivity (Wildman–Crippen MR) is 73.0 cm³/mol. The number of imide groups is 1. The normalized spacial score (nSPS) is 19.6. The zero-order valence-corrected chi connectivity index (χ0v) is 12.3. The number of carbonyl (C=O) groups is 2. The maximum atomic E-state index is 12.5. The van der Waals surface area contributed by atoms with E-state index in [4.69, 9.17) is 0 Å². The largest absolute Gasteiger partial charge is 0.285 e. The van der Waals surface area contributed by atoms with Crippen molar-refractivity contribution in [1.29, 1.82) is 0 Å². The van der Waals surface area contributed by atoms with Crippen molar-refractivity contribution in [2.75, 3.05) is 7.05 Å². The van der Waals surface area contributed by atoms with Gasteiger partial charge in [0.15, 0.2) is 0 Å². The molecular weight excluding hydrogens is 226 g/mol. The molecule has 1 atom stereocenters. The number of hydrogen-bond donors (Lipinski definition) is 0. The Morgan fingerprint density at radius 3 is 2.22 bits per heavy atom. The van der Waals surface area contributed by atoms with Crippen LogP contribution >= 0.6 is 0 Å². The summed E-state index contributed by atoms with van der Waals surface area (Å²) in [6, 6.07) is 0. The van der Waals surface area contributed by atoms with Crippen molar-refractivity contribution < 1.29 is 9.59 Å². The van der Waals surface area contributed by atoms with Crippen molar-refractivity contribution in [2.24, 2.45) is 11.3 Å². The van der Waals surface area contributed by atoms with Crippen molar-refractivity contribution >= 4 is 11.8 Å². The third-order valence-electron chi connectivity index (χ3n) is 4.44. The van der Waals surface area contributed by atoms with Crippen LogP contribution in [0.25, 0.3) is 0 Å². The Kier molecular flexibility index (Phi) is 5.36. The van der Waals surface area contributed by atoms with Crippen LogP contribution in [0.1, 0.15) is 65.7 Å². The Morgan fingerprint density at radius 2 is 1.78 bits per heavy atom. The van der Waals surface area contributed by atoms with Crippen LogP contribution in [0.3, 0.4) is 0 Å². The first kappa shape index (κ1) is 15.2. The summed E-state index contributed by atoms with van der Waals surface area (Å²) >= 11 is 0. The molecule has 2 amide bonds. The van der Waals surface area contributed by atoms with Gasteiger partial charge in [0, 0.05) is 18.4 Å². The number of hydrogen-bond acceptors (Lipinski definition) is 2. The average Bonchev–Trinajstić information content (AvgIpc) is 2.90. The molecule has 3 heteroatoms. The summed E-state index contributed by atoms with van der Waals surface area (Å²) in [7, 11) is 1.66. The molecule has 18 heavy (non-hydrogen) atoms. The van der Waals surface area contributed by atoms with E-state index in [2.05, 4.69) is 6.92 Å². The Balaban J connectivity index is 2.72. The molecule has 1 aliphatic carbocycles. The molecule has 3 nitrogen and oxygen atoms in total. The van der Waals surface area contributed by atoms with Crippen molar-refractivity contribution in [3.05, 3.63) is 0 Å². The monoisotopic (exact) mass is 253 g/mol. The van der Waals surface area contributed by atoms with Gasteiger partial charge in [-0.1, -0.05) is 40.0 Å². The van der Waals surface area contributed by atoms with E-state index in [1.165, 1.54) is 4.90 Å². The smallest absolute Gasteiger partial charge is 0.234 e. The molecule has 1 unspecified atom stereocenters. The van der Waals surface area contributed by atoms with Crippen LogP contribution in [0.4, 0.5) is 0 Å². The SMILES string of the molecule is CCCC(C)(CC)C(=O)N(C)C(=O)C1CCCC1. The molecule has 0 aromatic heterocycles. The maximum absolute atomic E-state index is 12.5. The van der Waals surface area contributed by atoms with Gasteiger partial charge in [-0.05, 0) is 25.7 Å². The molecule has 104 valence electrons. The topological polar surface area (TPSA) is 37.4 Å². The van der Waals surface area contributed by atoms with Crippen molar-refractivity contribution in [1.82, 2.24) is 4.90 Å². The van der Waals surface area contributed by atoms with Gasteiger partial charge < -0.3 is 0 Å². The van der Waals surface area contributed by atoms with Gasteiger partial charge in [0.05, 0.1) is 0 Å². The second-order valence-electron chi connectivity index (χ2n) is 5.85. The fourth-order valence-corrected chi connectivity index (χ4v) is 2.94. The van der Waals surface area contributed by atoms with Crippen LogP contribution in [0, 0.1) is 11.3 Å². The van der Waals surface area contributed by atoms with Crippen LogP contribution in [0.5, 0.6) is 0 Å². The molecule has 0 bridgehead atoms. The van der Waals surface area contributed by atoms with Gasteiger partial charge in [-0.15, -0.1) is 0 Å². The number of carbonyl (C=O) groups excluding carboxylic acids is 2. The number of rotatable bonds is 5. The van der Waals surface area contributed by atoms with E-state index in [-0.39, 0.29) is 23.1 Å². The lowest BCUT2D eigenvalue weighted by molar-refractivity contribution is -0.152. The van der Waals surface area contributed by atoms with Crippen LogP contribution in [0.15, 0.2) is 0 Å². The second kappa shape index (κ2) is 6.35. The van der Waals surface area contributed by atoms with E-state index >= 15 is 0 Å². The first-order chi connectivity index (χ1) is 8.46. The molecule has 1 saturated carbocycles. The fraction of sp³-hybridized carbons (Fsp3) is 0.867. The highest BCUT2D eigenvalue weighted by Gasteiger charge is 2.37. The third-order valence-corrected chi connectivity index (χ3v) is 4.44. The average molecular weight is 253 g/mol. The van der Waals surface area contributed by atoms with E-state index < -0.39 is 0 Å². The van der Waals surface area contributed by atoms with Crippen molar-refractivity contribution in [3.8, 4) is 0 Å². The van der Waals surface area contributed by atoms with Gasteiger partial charge >= 0.3 is 0 Å². The second-order valence-corrected chi connectivity index (χ2v) is 5.85. The lowest BCUT2D eigenvalue weighted by atomic mass is 9.81. The molecule has 0 N–H and O–H groups in total. The van der Waals surface area contributed by atoms with E-state index in [9.17, 15) is 9.59 Å². The quantitative estimate of drug-likeness (QED) is 0.753. The first-order valence-electron chi connectivity index (χ1n) is 7.28. The standard InChI is InChI=1S/C15H27NO2/c1-5-11-15(3,6-2)14(18)16(4)13(17)12-9-7-8-10-12/h12H,5-11H2,1-4H3. The van der Waals surface area contributed by atoms with Crippen LogP contribution < -0.4 is 0 Å². The van der Waals surface area contributed by atoms with Gasteiger partial charge in [0.2, 0.25) is 11.8 Å². The molecule has 0 radical (unpaired) electrons. The predicted octanol–water partition coefficient (Wildman–Crippen LogP) is 3.38. The van der Waals surface area contributed by atoms with Gasteiger partial charge in [-0.3, -0.25) is 14.5 Å². The molecule has 1 rings (SSSR count). The van der Waals surface area contributed by atoms with Crippen molar-refractivity contribution in [3.63, 3.8) is 0 Å². The highest BCUT2D eigenvalue weighted by atomic mass is 16.2. The van der Waals surface area contributed by atoms with Crippen LogP contribution in [-0.4, -0.2) is 23.8 Å².